The Labute approximate surface area is 175 Å². The molecule has 0 spiro atoms. The van der Waals surface area contributed by atoms with E-state index in [1.54, 1.807) is 13.2 Å². The number of aryl methyl sites for hydroxylation is 1. The van der Waals surface area contributed by atoms with Crippen LogP contribution in [0.2, 0.25) is 0 Å². The molecular weight excluding hydrogens is 380 g/mol. The third kappa shape index (κ3) is 3.98. The van der Waals surface area contributed by atoms with E-state index in [1.165, 1.54) is 0 Å². The van der Waals surface area contributed by atoms with E-state index in [9.17, 15) is 4.79 Å². The van der Waals surface area contributed by atoms with Crippen molar-refractivity contribution in [2.45, 2.75) is 25.8 Å². The summed E-state index contributed by atoms with van der Waals surface area (Å²) in [7, 11) is 3.61. The first-order valence-corrected chi connectivity index (χ1v) is 10.1. The fourth-order valence-corrected chi connectivity index (χ4v) is 3.78. The van der Waals surface area contributed by atoms with Crippen LogP contribution in [0.1, 0.15) is 28.9 Å². The lowest BCUT2D eigenvalue weighted by molar-refractivity contribution is 0.0701. The molecule has 8 nitrogen and oxygen atoms in total. The molecule has 1 aromatic carbocycles. The van der Waals surface area contributed by atoms with E-state index in [0.29, 0.717) is 23.9 Å². The molecule has 3 aromatic rings. The van der Waals surface area contributed by atoms with Gasteiger partial charge in [-0.2, -0.15) is 5.10 Å². The number of benzene rings is 1. The molecule has 1 atom stereocenters. The van der Waals surface area contributed by atoms with Crippen LogP contribution in [0.5, 0.6) is 5.75 Å². The quantitative estimate of drug-likeness (QED) is 0.701. The molecule has 1 unspecified atom stereocenters. The van der Waals surface area contributed by atoms with E-state index in [1.807, 2.05) is 55.5 Å². The highest BCUT2D eigenvalue weighted by atomic mass is 16.5. The number of ether oxygens (including phenoxy) is 1. The minimum atomic E-state index is -0.0495. The number of likely N-dealkylation sites (N-methyl/N-ethyl adjacent to an activating group) is 1. The minimum Gasteiger partial charge on any atom is -0.496 e. The lowest BCUT2D eigenvalue weighted by Crippen LogP contribution is -2.49. The largest absolute Gasteiger partial charge is 0.496 e. The Balaban J connectivity index is 1.48. The number of methoxy groups -OCH3 is 1. The van der Waals surface area contributed by atoms with Gasteiger partial charge in [-0.25, -0.2) is 9.97 Å². The summed E-state index contributed by atoms with van der Waals surface area (Å²) < 4.78 is 5.41. The summed E-state index contributed by atoms with van der Waals surface area (Å²) in [5.74, 6) is 1.35. The van der Waals surface area contributed by atoms with Gasteiger partial charge in [0.05, 0.1) is 12.8 Å². The topological polar surface area (TPSA) is 87.2 Å². The summed E-state index contributed by atoms with van der Waals surface area (Å²) in [6, 6.07) is 9.59. The Kier molecular flexibility index (Phi) is 5.65. The Morgan fingerprint density at radius 2 is 2.03 bits per heavy atom. The number of H-pyrrole nitrogens is 1. The molecule has 0 saturated carbocycles. The number of likely N-dealkylation sites (tertiary alicyclic amines) is 1. The summed E-state index contributed by atoms with van der Waals surface area (Å²) >= 11 is 0. The number of aromatic nitrogens is 4. The van der Waals surface area contributed by atoms with Gasteiger partial charge in [0.15, 0.2) is 0 Å². The highest BCUT2D eigenvalue weighted by molar-refractivity contribution is 5.93. The van der Waals surface area contributed by atoms with Gasteiger partial charge in [0.2, 0.25) is 5.95 Å². The monoisotopic (exact) mass is 406 g/mol. The summed E-state index contributed by atoms with van der Waals surface area (Å²) in [4.78, 5) is 25.9. The van der Waals surface area contributed by atoms with E-state index >= 15 is 0 Å². The van der Waals surface area contributed by atoms with Crippen LogP contribution in [0.15, 0.2) is 42.7 Å². The van der Waals surface area contributed by atoms with Crippen LogP contribution in [0, 0.1) is 6.92 Å². The second kappa shape index (κ2) is 8.52. The molecule has 0 radical (unpaired) electrons. The molecule has 8 heteroatoms. The van der Waals surface area contributed by atoms with Gasteiger partial charge in [-0.1, -0.05) is 12.1 Å². The zero-order valence-electron chi connectivity index (χ0n) is 17.5. The van der Waals surface area contributed by atoms with Crippen molar-refractivity contribution in [3.8, 4) is 17.0 Å². The normalized spacial score (nSPS) is 16.4. The number of para-hydroxylation sites is 1. The molecule has 4 rings (SSSR count). The summed E-state index contributed by atoms with van der Waals surface area (Å²) in [6.45, 7) is 3.31. The molecule has 1 aliphatic rings. The number of piperidine rings is 1. The fourth-order valence-electron chi connectivity index (χ4n) is 3.78. The van der Waals surface area contributed by atoms with Gasteiger partial charge < -0.3 is 14.5 Å². The average Bonchev–Trinajstić information content (AvgIpc) is 3.29. The molecule has 0 bridgehead atoms. The van der Waals surface area contributed by atoms with Crippen molar-refractivity contribution in [3.05, 3.63) is 54.0 Å². The highest BCUT2D eigenvalue weighted by Crippen LogP contribution is 2.29. The molecule has 30 heavy (non-hydrogen) atoms. The standard InChI is InChI=1S/C22H26N6O2/c1-15-12-23-22(24-13-15)27(2)16-7-6-10-28(14-16)21(29)19-11-18(25-26-19)17-8-4-5-9-20(17)30-3/h4-5,8-9,11-13,16H,6-7,10,14H2,1-3H3,(H,25,26). The number of nitrogens with zero attached hydrogens (tertiary/aromatic N) is 5. The number of amides is 1. The number of rotatable bonds is 5. The second-order valence-electron chi connectivity index (χ2n) is 7.59. The van der Waals surface area contributed by atoms with Gasteiger partial charge in [-0.05, 0) is 43.5 Å². The van der Waals surface area contributed by atoms with Gasteiger partial charge >= 0.3 is 0 Å². The van der Waals surface area contributed by atoms with Gasteiger partial charge in [0.1, 0.15) is 11.4 Å². The molecule has 1 aliphatic heterocycles. The van der Waals surface area contributed by atoms with Crippen LogP contribution in [-0.2, 0) is 0 Å². The van der Waals surface area contributed by atoms with Crippen LogP contribution >= 0.6 is 0 Å². The van der Waals surface area contributed by atoms with Crippen molar-refractivity contribution in [1.82, 2.24) is 25.1 Å². The van der Waals surface area contributed by atoms with Crippen molar-refractivity contribution in [2.75, 3.05) is 32.1 Å². The Hall–Kier alpha value is -3.42. The number of carbonyl (C=O) groups is 1. The molecule has 2 aromatic heterocycles. The van der Waals surface area contributed by atoms with Gasteiger partial charge in [-0.15, -0.1) is 0 Å². The van der Waals surface area contributed by atoms with Crippen LogP contribution < -0.4 is 9.64 Å². The first-order valence-electron chi connectivity index (χ1n) is 10.1. The fraction of sp³-hybridized carbons (Fsp3) is 0.364. The van der Waals surface area contributed by atoms with Crippen molar-refractivity contribution in [2.24, 2.45) is 0 Å². The Morgan fingerprint density at radius 3 is 2.80 bits per heavy atom. The zero-order valence-corrected chi connectivity index (χ0v) is 17.5. The number of hydrogen-bond acceptors (Lipinski definition) is 6. The number of carbonyl (C=O) groups excluding carboxylic acids is 1. The molecule has 1 fully saturated rings. The van der Waals surface area contributed by atoms with Crippen molar-refractivity contribution in [1.29, 1.82) is 0 Å². The highest BCUT2D eigenvalue weighted by Gasteiger charge is 2.29. The summed E-state index contributed by atoms with van der Waals surface area (Å²) in [5.41, 5.74) is 3.04. The van der Waals surface area contributed by atoms with Crippen molar-refractivity contribution >= 4 is 11.9 Å². The van der Waals surface area contributed by atoms with E-state index in [0.717, 1.165) is 36.3 Å². The average molecular weight is 406 g/mol. The van der Waals surface area contributed by atoms with Gasteiger partial charge in [0.25, 0.3) is 5.91 Å². The van der Waals surface area contributed by atoms with E-state index in [-0.39, 0.29) is 11.9 Å². The molecular formula is C22H26N6O2. The number of anilines is 1. The Bertz CT molecular complexity index is 1020. The van der Waals surface area contributed by atoms with Crippen LogP contribution in [0.4, 0.5) is 5.95 Å². The van der Waals surface area contributed by atoms with E-state index < -0.39 is 0 Å². The third-order valence-corrected chi connectivity index (χ3v) is 5.51. The zero-order chi connectivity index (χ0) is 21.1. The van der Waals surface area contributed by atoms with Crippen molar-refractivity contribution < 1.29 is 9.53 Å². The number of nitrogens with one attached hydrogen (secondary N) is 1. The molecule has 1 N–H and O–H groups in total. The van der Waals surface area contributed by atoms with E-state index in [2.05, 4.69) is 25.1 Å². The first kappa shape index (κ1) is 19.9. The van der Waals surface area contributed by atoms with Crippen LogP contribution in [0.3, 0.4) is 0 Å². The molecule has 1 saturated heterocycles. The van der Waals surface area contributed by atoms with Crippen LogP contribution in [-0.4, -0.2) is 64.3 Å². The predicted octanol–water partition coefficient (Wildman–Crippen LogP) is 2.92. The molecule has 3 heterocycles. The SMILES string of the molecule is COc1ccccc1-c1cc(C(=O)N2CCCC(N(C)c3ncc(C)cn3)C2)[nH]n1. The second-order valence-corrected chi connectivity index (χ2v) is 7.59. The third-order valence-electron chi connectivity index (χ3n) is 5.51. The van der Waals surface area contributed by atoms with Gasteiger partial charge in [0, 0.05) is 44.1 Å². The maximum Gasteiger partial charge on any atom is 0.271 e. The van der Waals surface area contributed by atoms with E-state index in [4.69, 9.17) is 4.74 Å². The maximum absolute atomic E-state index is 13.1. The van der Waals surface area contributed by atoms with Crippen LogP contribution in [0.25, 0.3) is 11.3 Å². The Morgan fingerprint density at radius 1 is 1.27 bits per heavy atom. The molecule has 1 amide bonds. The first-order chi connectivity index (χ1) is 14.6. The van der Waals surface area contributed by atoms with Gasteiger partial charge in [-0.3, -0.25) is 9.89 Å². The maximum atomic E-state index is 13.1. The van der Waals surface area contributed by atoms with Crippen molar-refractivity contribution in [3.63, 3.8) is 0 Å². The summed E-state index contributed by atoms with van der Waals surface area (Å²) in [6.07, 6.45) is 5.55. The smallest absolute Gasteiger partial charge is 0.271 e. The lowest BCUT2D eigenvalue weighted by atomic mass is 10.0. The molecule has 0 aliphatic carbocycles. The lowest BCUT2D eigenvalue weighted by Gasteiger charge is -2.37. The number of aromatic amines is 1. The predicted molar refractivity (Wildman–Crippen MR) is 115 cm³/mol. The molecule has 156 valence electrons. The number of hydrogen-bond donors (Lipinski definition) is 1. The summed E-state index contributed by atoms with van der Waals surface area (Å²) in [5, 5.41) is 7.24. The minimum absolute atomic E-state index is 0.0495.